The van der Waals surface area contributed by atoms with Gasteiger partial charge in [-0.2, -0.15) is 4.40 Å². The molecular weight excluding hydrogens is 372 g/mol. The molecule has 1 aromatic carbocycles. The molecule has 0 N–H and O–H groups in total. The van der Waals surface area contributed by atoms with E-state index in [0.717, 1.165) is 43.1 Å². The lowest BCUT2D eigenvalue weighted by molar-refractivity contribution is -0.491. The van der Waals surface area contributed by atoms with E-state index in [1.165, 1.54) is 28.1 Å². The summed E-state index contributed by atoms with van der Waals surface area (Å²) in [4.78, 5) is 11.8. The number of hydrogen-bond donors (Lipinski definition) is 0. The molecule has 30 heavy (non-hydrogen) atoms. The molecule has 0 spiro atoms. The van der Waals surface area contributed by atoms with E-state index in [-0.39, 0.29) is 0 Å². The number of nitrogens with zero attached hydrogens (tertiary/aromatic N) is 6. The third kappa shape index (κ3) is 2.95. The van der Waals surface area contributed by atoms with Crippen LogP contribution in [0.4, 0.5) is 5.69 Å². The van der Waals surface area contributed by atoms with E-state index in [4.69, 9.17) is 10.1 Å². The molecule has 0 saturated heterocycles. The molecular formula is C24H27N6+. The largest absolute Gasteiger partial charge is 0.389 e. The summed E-state index contributed by atoms with van der Waals surface area (Å²) in [6.45, 7) is 10.5. The minimum atomic E-state index is 0.694. The van der Waals surface area contributed by atoms with Gasteiger partial charge in [-0.25, -0.2) is 0 Å². The normalized spacial score (nSPS) is 14.7. The molecule has 152 valence electrons. The summed E-state index contributed by atoms with van der Waals surface area (Å²) in [6, 6.07) is 10.9. The Morgan fingerprint density at radius 2 is 1.87 bits per heavy atom. The lowest BCUT2D eigenvalue weighted by Gasteiger charge is -2.20. The Balaban J connectivity index is 1.64. The van der Waals surface area contributed by atoms with Gasteiger partial charge < -0.3 is 4.90 Å². The van der Waals surface area contributed by atoms with Crippen molar-refractivity contribution in [1.82, 2.24) is 19.6 Å². The molecule has 0 radical (unpaired) electrons. The number of aryl methyl sites for hydroxylation is 3. The van der Waals surface area contributed by atoms with Crippen molar-refractivity contribution in [2.45, 2.75) is 40.5 Å². The number of fused-ring (bicyclic) bond motifs is 5. The lowest BCUT2D eigenvalue weighted by atomic mass is 10.1. The van der Waals surface area contributed by atoms with Crippen LogP contribution in [0.1, 0.15) is 48.5 Å². The van der Waals surface area contributed by atoms with Gasteiger partial charge in [0.2, 0.25) is 0 Å². The summed E-state index contributed by atoms with van der Waals surface area (Å²) in [6.07, 6.45) is 6.28. The molecule has 0 aliphatic heterocycles. The zero-order chi connectivity index (χ0) is 20.8. The molecule has 0 fully saturated rings. The first-order valence-corrected chi connectivity index (χ1v) is 10.7. The molecule has 0 unspecified atom stereocenters. The van der Waals surface area contributed by atoms with Gasteiger partial charge >= 0.3 is 11.6 Å². The third-order valence-corrected chi connectivity index (χ3v) is 6.00. The topological polar surface area (TPSA) is 50.4 Å². The van der Waals surface area contributed by atoms with Gasteiger partial charge in [0.25, 0.3) is 0 Å². The van der Waals surface area contributed by atoms with E-state index < -0.39 is 0 Å². The Morgan fingerprint density at radius 3 is 2.60 bits per heavy atom. The maximum absolute atomic E-state index is 4.78. The number of allylic oxidation sites excluding steroid dienone is 1. The van der Waals surface area contributed by atoms with Gasteiger partial charge in [-0.3, -0.25) is 0 Å². The standard InChI is InChI=1S/C24H27N6/c1-5-28(6-2)21-11-7-18(8-12-21)14-19-9-10-20-15-25-23-27-30-17(4)13-16(3)26-24(30)29(23)22(19)20/h7-8,11-15H,5-6,9-10H2,1-4H3/q+1/b19-14-. The van der Waals surface area contributed by atoms with Gasteiger partial charge in [0.05, 0.1) is 23.3 Å². The maximum Gasteiger partial charge on any atom is 0.389 e. The Morgan fingerprint density at radius 1 is 1.10 bits per heavy atom. The quantitative estimate of drug-likeness (QED) is 0.490. The van der Waals surface area contributed by atoms with E-state index >= 15 is 0 Å². The average Bonchev–Trinajstić information content (AvgIpc) is 3.31. The number of hydrogen-bond acceptors (Lipinski definition) is 4. The molecule has 3 aromatic heterocycles. The van der Waals surface area contributed by atoms with Crippen molar-refractivity contribution < 1.29 is 4.40 Å². The monoisotopic (exact) mass is 399 g/mol. The first kappa shape index (κ1) is 18.7. The summed E-state index contributed by atoms with van der Waals surface area (Å²) < 4.78 is 4.02. The van der Waals surface area contributed by atoms with Crippen molar-refractivity contribution >= 4 is 28.9 Å². The highest BCUT2D eigenvalue weighted by atomic mass is 15.4. The summed E-state index contributed by atoms with van der Waals surface area (Å²) in [7, 11) is 0. The van der Waals surface area contributed by atoms with E-state index in [1.54, 1.807) is 0 Å². The minimum Gasteiger partial charge on any atom is -0.372 e. The van der Waals surface area contributed by atoms with Gasteiger partial charge in [-0.15, -0.1) is 14.5 Å². The Bertz CT molecular complexity index is 1280. The summed E-state index contributed by atoms with van der Waals surface area (Å²) >= 11 is 0. The first-order chi connectivity index (χ1) is 14.6. The second-order valence-electron chi connectivity index (χ2n) is 7.95. The Labute approximate surface area is 176 Å². The zero-order valence-electron chi connectivity index (χ0n) is 18.1. The second kappa shape index (κ2) is 7.20. The summed E-state index contributed by atoms with van der Waals surface area (Å²) in [5.74, 6) is 1.52. The highest BCUT2D eigenvalue weighted by molar-refractivity contribution is 5.83. The van der Waals surface area contributed by atoms with E-state index in [9.17, 15) is 0 Å². The molecule has 0 bridgehead atoms. The number of anilines is 1. The summed E-state index contributed by atoms with van der Waals surface area (Å²) in [5.41, 5.74) is 8.31. The molecule has 0 saturated carbocycles. The van der Waals surface area contributed by atoms with Crippen LogP contribution in [-0.2, 0) is 6.42 Å². The van der Waals surface area contributed by atoms with Crippen LogP contribution in [0.5, 0.6) is 0 Å². The lowest BCUT2D eigenvalue weighted by Crippen LogP contribution is -2.28. The molecule has 5 rings (SSSR count). The molecule has 6 heteroatoms. The molecule has 1 aliphatic carbocycles. The van der Waals surface area contributed by atoms with Crippen LogP contribution in [0.15, 0.2) is 36.5 Å². The van der Waals surface area contributed by atoms with Crippen molar-refractivity contribution in [1.29, 1.82) is 0 Å². The van der Waals surface area contributed by atoms with Crippen LogP contribution >= 0.6 is 0 Å². The molecule has 3 heterocycles. The van der Waals surface area contributed by atoms with Crippen LogP contribution in [0.25, 0.3) is 23.2 Å². The van der Waals surface area contributed by atoms with Gasteiger partial charge in [-0.1, -0.05) is 12.1 Å². The Hall–Kier alpha value is -3.28. The Kier molecular flexibility index (Phi) is 4.50. The molecule has 6 nitrogen and oxygen atoms in total. The van der Waals surface area contributed by atoms with Crippen LogP contribution in [0.2, 0.25) is 0 Å². The minimum absolute atomic E-state index is 0.694. The second-order valence-corrected chi connectivity index (χ2v) is 7.95. The fourth-order valence-electron chi connectivity index (χ4n) is 4.51. The average molecular weight is 400 g/mol. The van der Waals surface area contributed by atoms with E-state index in [0.29, 0.717) is 5.78 Å². The zero-order valence-corrected chi connectivity index (χ0v) is 18.1. The molecule has 4 aromatic rings. The van der Waals surface area contributed by atoms with Crippen molar-refractivity contribution in [2.75, 3.05) is 18.0 Å². The highest BCUT2D eigenvalue weighted by Gasteiger charge is 2.28. The van der Waals surface area contributed by atoms with Crippen LogP contribution in [0, 0.1) is 13.8 Å². The number of rotatable bonds is 4. The fraction of sp³-hybridized carbons (Fsp3) is 0.333. The summed E-state index contributed by atoms with van der Waals surface area (Å²) in [5, 5.41) is 4.70. The van der Waals surface area contributed by atoms with Gasteiger partial charge in [0.15, 0.2) is 0 Å². The predicted molar refractivity (Wildman–Crippen MR) is 120 cm³/mol. The smallest absolute Gasteiger partial charge is 0.372 e. The number of benzene rings is 1. The molecule has 0 atom stereocenters. The van der Waals surface area contributed by atoms with Crippen LogP contribution in [0.3, 0.4) is 0 Å². The van der Waals surface area contributed by atoms with Crippen LogP contribution < -0.4 is 9.30 Å². The maximum atomic E-state index is 4.78. The number of aromatic nitrogens is 5. The highest BCUT2D eigenvalue weighted by Crippen LogP contribution is 2.31. The SMILES string of the molecule is CCN(CC)c1ccc(/C=C2/CCc3cnc4nn5c(C)cc(C)nc5[n+]4c32)cc1. The molecule has 1 aliphatic rings. The fourth-order valence-corrected chi connectivity index (χ4v) is 4.51. The van der Waals surface area contributed by atoms with Gasteiger partial charge in [-0.05, 0) is 69.9 Å². The van der Waals surface area contributed by atoms with Gasteiger partial charge in [0, 0.05) is 35.5 Å². The van der Waals surface area contributed by atoms with Gasteiger partial charge in [0.1, 0.15) is 0 Å². The van der Waals surface area contributed by atoms with Crippen molar-refractivity contribution in [2.24, 2.45) is 0 Å². The van der Waals surface area contributed by atoms with Crippen molar-refractivity contribution in [3.8, 4) is 0 Å². The first-order valence-electron chi connectivity index (χ1n) is 10.7. The van der Waals surface area contributed by atoms with Crippen molar-refractivity contribution in [3.63, 3.8) is 0 Å². The van der Waals surface area contributed by atoms with Crippen molar-refractivity contribution in [3.05, 3.63) is 64.7 Å². The van der Waals surface area contributed by atoms with Crippen LogP contribution in [-0.4, -0.2) is 32.7 Å². The van der Waals surface area contributed by atoms with E-state index in [1.807, 2.05) is 23.7 Å². The predicted octanol–water partition coefficient (Wildman–Crippen LogP) is 3.81. The molecule has 0 amide bonds. The van der Waals surface area contributed by atoms with E-state index in [2.05, 4.69) is 65.4 Å². The third-order valence-electron chi connectivity index (χ3n) is 6.00.